The van der Waals surface area contributed by atoms with Crippen LogP contribution in [0.2, 0.25) is 0 Å². The number of imidazole rings is 1. The van der Waals surface area contributed by atoms with Crippen molar-refractivity contribution in [3.05, 3.63) is 89.0 Å². The Hall–Kier alpha value is -2.92. The van der Waals surface area contributed by atoms with Crippen LogP contribution >= 0.6 is 0 Å². The average Bonchev–Trinajstić information content (AvgIpc) is 3.02. The topological polar surface area (TPSA) is 55.3 Å². The molecule has 0 aliphatic carbocycles. The maximum atomic E-state index is 13.1. The van der Waals surface area contributed by atoms with E-state index in [2.05, 4.69) is 4.57 Å². The molecule has 1 aromatic heterocycles. The van der Waals surface area contributed by atoms with Crippen molar-refractivity contribution in [2.45, 2.75) is 39.3 Å². The molecule has 2 aromatic carbocycles. The number of carbonyl (C=O) groups is 1. The fourth-order valence-corrected chi connectivity index (χ4v) is 3.48. The number of esters is 1. The van der Waals surface area contributed by atoms with Gasteiger partial charge in [-0.3, -0.25) is 0 Å². The van der Waals surface area contributed by atoms with Crippen molar-refractivity contribution < 1.29 is 19.2 Å². The Morgan fingerprint density at radius 2 is 1.66 bits per heavy atom. The monoisotopic (exact) mass is 393 g/mol. The third kappa shape index (κ3) is 4.40. The van der Waals surface area contributed by atoms with Crippen molar-refractivity contribution >= 4 is 5.97 Å². The number of nitrogens with zero attached hydrogens (tertiary/aromatic N) is 2. The molecule has 0 aliphatic rings. The number of aromatic nitrogens is 2. The lowest BCUT2D eigenvalue weighted by Crippen LogP contribution is -2.39. The maximum Gasteiger partial charge on any atom is 0.347 e. The van der Waals surface area contributed by atoms with E-state index in [0.717, 1.165) is 23.5 Å². The Kier molecular flexibility index (Phi) is 6.18. The average molecular weight is 394 g/mol. The van der Waals surface area contributed by atoms with E-state index in [9.17, 15) is 9.90 Å². The van der Waals surface area contributed by atoms with Crippen LogP contribution < -0.4 is 4.57 Å². The molecule has 29 heavy (non-hydrogen) atoms. The van der Waals surface area contributed by atoms with Gasteiger partial charge in [0.2, 0.25) is 5.60 Å². The highest BCUT2D eigenvalue weighted by molar-refractivity contribution is 5.85. The molecule has 0 saturated heterocycles. The van der Waals surface area contributed by atoms with Crippen molar-refractivity contribution in [1.82, 2.24) is 4.57 Å². The normalized spacial score (nSPS) is 11.5. The van der Waals surface area contributed by atoms with E-state index in [-0.39, 0.29) is 6.61 Å². The zero-order chi connectivity index (χ0) is 21.0. The highest BCUT2D eigenvalue weighted by atomic mass is 16.5. The number of aryl methyl sites for hydroxylation is 4. The van der Waals surface area contributed by atoms with Crippen LogP contribution in [0.3, 0.4) is 0 Å². The molecule has 1 heterocycles. The summed E-state index contributed by atoms with van der Waals surface area (Å²) in [6.45, 7) is 6.89. The number of aliphatic hydroxyl groups is 1. The molecule has 0 spiro atoms. The van der Waals surface area contributed by atoms with Crippen molar-refractivity contribution in [3.8, 4) is 0 Å². The lowest BCUT2D eigenvalue weighted by atomic mass is 9.85. The summed E-state index contributed by atoms with van der Waals surface area (Å²) in [5.41, 5.74) is 1.13. The van der Waals surface area contributed by atoms with Crippen LogP contribution in [-0.2, 0) is 28.7 Å². The van der Waals surface area contributed by atoms with Gasteiger partial charge < -0.3 is 9.84 Å². The Labute approximate surface area is 172 Å². The summed E-state index contributed by atoms with van der Waals surface area (Å²) >= 11 is 0. The van der Waals surface area contributed by atoms with Gasteiger partial charge in [-0.05, 0) is 25.0 Å². The van der Waals surface area contributed by atoms with Gasteiger partial charge in [0.15, 0.2) is 0 Å². The lowest BCUT2D eigenvalue weighted by molar-refractivity contribution is -0.677. The maximum absolute atomic E-state index is 13.1. The minimum absolute atomic E-state index is 0.236. The van der Waals surface area contributed by atoms with Gasteiger partial charge in [-0.2, -0.15) is 0 Å². The molecule has 0 fully saturated rings. The van der Waals surface area contributed by atoms with Gasteiger partial charge in [0, 0.05) is 13.3 Å². The largest absolute Gasteiger partial charge is 0.463 e. The Morgan fingerprint density at radius 1 is 1.07 bits per heavy atom. The smallest absolute Gasteiger partial charge is 0.347 e. The van der Waals surface area contributed by atoms with E-state index < -0.39 is 11.6 Å². The van der Waals surface area contributed by atoms with Gasteiger partial charge in [0.05, 0.1) is 20.2 Å². The lowest BCUT2D eigenvalue weighted by Gasteiger charge is -2.27. The zero-order valence-corrected chi connectivity index (χ0v) is 17.6. The fourth-order valence-electron chi connectivity index (χ4n) is 3.48. The molecule has 1 N–H and O–H groups in total. The quantitative estimate of drug-likeness (QED) is 0.381. The van der Waals surface area contributed by atoms with E-state index in [1.165, 1.54) is 0 Å². The van der Waals surface area contributed by atoms with Crippen LogP contribution in [0.4, 0.5) is 0 Å². The summed E-state index contributed by atoms with van der Waals surface area (Å²) in [5.74, 6) is 0.482. The van der Waals surface area contributed by atoms with Crippen LogP contribution in [-0.4, -0.2) is 22.2 Å². The Morgan fingerprint density at radius 3 is 2.14 bits per heavy atom. The van der Waals surface area contributed by atoms with Crippen LogP contribution in [0.5, 0.6) is 0 Å². The number of carbonyl (C=O) groups excluding carboxylic acids is 1. The summed E-state index contributed by atoms with van der Waals surface area (Å²) in [5, 5.41) is 11.6. The van der Waals surface area contributed by atoms with Crippen molar-refractivity contribution in [3.63, 3.8) is 0 Å². The first-order valence-electron chi connectivity index (χ1n) is 9.87. The van der Waals surface area contributed by atoms with E-state index in [1.807, 2.05) is 81.2 Å². The molecule has 0 unspecified atom stereocenters. The van der Waals surface area contributed by atoms with Gasteiger partial charge in [-0.25, -0.2) is 13.9 Å². The molecule has 5 nitrogen and oxygen atoms in total. The predicted molar refractivity (Wildman–Crippen MR) is 111 cm³/mol. The van der Waals surface area contributed by atoms with Gasteiger partial charge >= 0.3 is 5.97 Å². The second kappa shape index (κ2) is 8.62. The molecule has 152 valence electrons. The van der Waals surface area contributed by atoms with Crippen molar-refractivity contribution in [1.29, 1.82) is 0 Å². The third-order valence-corrected chi connectivity index (χ3v) is 5.34. The first kappa shape index (κ1) is 20.8. The van der Waals surface area contributed by atoms with E-state index in [0.29, 0.717) is 17.5 Å². The molecule has 5 heteroatoms. The first-order valence-corrected chi connectivity index (χ1v) is 9.87. The van der Waals surface area contributed by atoms with Gasteiger partial charge in [0.25, 0.3) is 5.82 Å². The van der Waals surface area contributed by atoms with E-state index in [1.54, 1.807) is 12.1 Å². The minimum atomic E-state index is -1.84. The SMILES string of the molecule is Cc1cccc(C(O)(C(=O)OCCCn2cc[n+](C)c2C)c2cccc(C)c2)c1. The minimum Gasteiger partial charge on any atom is -0.463 e. The Balaban J connectivity index is 1.79. The first-order chi connectivity index (χ1) is 13.8. The van der Waals surface area contributed by atoms with E-state index in [4.69, 9.17) is 4.74 Å². The molecule has 3 aromatic rings. The summed E-state index contributed by atoms with van der Waals surface area (Å²) < 4.78 is 9.71. The van der Waals surface area contributed by atoms with Crippen molar-refractivity contribution in [2.75, 3.05) is 6.61 Å². The summed E-state index contributed by atoms with van der Waals surface area (Å²) in [7, 11) is 2.00. The second-order valence-electron chi connectivity index (χ2n) is 7.59. The van der Waals surface area contributed by atoms with Crippen molar-refractivity contribution in [2.24, 2.45) is 7.05 Å². The number of benzene rings is 2. The fraction of sp³-hybridized carbons (Fsp3) is 0.333. The molecule has 0 aliphatic heterocycles. The van der Waals surface area contributed by atoms with Crippen LogP contribution in [0, 0.1) is 20.8 Å². The molecule has 0 atom stereocenters. The molecule has 0 saturated carbocycles. The summed E-state index contributed by atoms with van der Waals surface area (Å²) in [6, 6.07) is 14.7. The number of hydrogen-bond donors (Lipinski definition) is 1. The predicted octanol–water partition coefficient (Wildman–Crippen LogP) is 3.11. The van der Waals surface area contributed by atoms with Crippen LogP contribution in [0.15, 0.2) is 60.9 Å². The highest BCUT2D eigenvalue weighted by Gasteiger charge is 2.41. The molecule has 0 radical (unpaired) electrons. The Bertz CT molecular complexity index is 961. The molecule has 3 rings (SSSR count). The van der Waals surface area contributed by atoms with Gasteiger partial charge in [-0.15, -0.1) is 0 Å². The molecular weight excluding hydrogens is 364 g/mol. The van der Waals surface area contributed by atoms with Gasteiger partial charge in [0.1, 0.15) is 12.4 Å². The zero-order valence-electron chi connectivity index (χ0n) is 17.6. The summed E-state index contributed by atoms with van der Waals surface area (Å²) in [4.78, 5) is 13.1. The highest BCUT2D eigenvalue weighted by Crippen LogP contribution is 2.32. The number of rotatable bonds is 7. The summed E-state index contributed by atoms with van der Waals surface area (Å²) in [6.07, 6.45) is 4.67. The van der Waals surface area contributed by atoms with Crippen LogP contribution in [0.1, 0.15) is 34.5 Å². The molecule has 0 amide bonds. The third-order valence-electron chi connectivity index (χ3n) is 5.34. The number of hydrogen-bond acceptors (Lipinski definition) is 3. The number of ether oxygens (including phenoxy) is 1. The van der Waals surface area contributed by atoms with Crippen LogP contribution in [0.25, 0.3) is 0 Å². The molecule has 0 bridgehead atoms. The second-order valence-corrected chi connectivity index (χ2v) is 7.59. The molecular formula is C24H29N2O3+. The van der Waals surface area contributed by atoms with E-state index >= 15 is 0 Å². The standard InChI is InChI=1S/C24H29N2O3/c1-18-8-5-10-21(16-18)24(28,22-11-6-9-19(2)17-22)23(27)29-15-7-12-26-14-13-25(4)20(26)3/h5-6,8-11,13-14,16-17,28H,7,12,15H2,1-4H3/q+1. The van der Waals surface area contributed by atoms with Gasteiger partial charge in [-0.1, -0.05) is 59.7 Å².